The van der Waals surface area contributed by atoms with Crippen molar-refractivity contribution in [3.05, 3.63) is 17.5 Å². The number of morpholine rings is 1. The van der Waals surface area contributed by atoms with Crippen molar-refractivity contribution in [1.29, 1.82) is 0 Å². The highest BCUT2D eigenvalue weighted by atomic mass is 79.9. The van der Waals surface area contributed by atoms with E-state index >= 15 is 0 Å². The van der Waals surface area contributed by atoms with Crippen molar-refractivity contribution in [2.45, 2.75) is 19.4 Å². The zero-order chi connectivity index (χ0) is 13.1. The lowest BCUT2D eigenvalue weighted by atomic mass is 10.1. The van der Waals surface area contributed by atoms with E-state index in [1.165, 1.54) is 0 Å². The Kier molecular flexibility index (Phi) is 4.40. The number of halogens is 1. The Morgan fingerprint density at radius 3 is 3.11 bits per heavy atom. The molecule has 1 amide bonds. The van der Waals surface area contributed by atoms with Crippen LogP contribution in [0.5, 0.6) is 0 Å². The molecule has 0 N–H and O–H groups in total. The summed E-state index contributed by atoms with van der Waals surface area (Å²) in [6.07, 6.45) is 2.58. The molecule has 1 aliphatic heterocycles. The lowest BCUT2D eigenvalue weighted by Crippen LogP contribution is -2.49. The monoisotopic (exact) mass is 315 g/mol. The van der Waals surface area contributed by atoms with Crippen molar-refractivity contribution in [2.75, 3.05) is 25.1 Å². The molecule has 1 aliphatic rings. The summed E-state index contributed by atoms with van der Waals surface area (Å²) in [7, 11) is 1.84. The molecule has 18 heavy (non-hydrogen) atoms. The fourth-order valence-corrected chi connectivity index (χ4v) is 2.72. The predicted octanol–water partition coefficient (Wildman–Crippen LogP) is 1.22. The number of nitrogens with zero attached hydrogens (tertiary/aromatic N) is 3. The van der Waals surface area contributed by atoms with Crippen LogP contribution in [0.1, 0.15) is 23.0 Å². The van der Waals surface area contributed by atoms with E-state index in [2.05, 4.69) is 21.0 Å². The number of rotatable bonds is 3. The third-order valence-electron chi connectivity index (χ3n) is 3.14. The van der Waals surface area contributed by atoms with Crippen molar-refractivity contribution in [2.24, 2.45) is 7.05 Å². The molecule has 0 bridgehead atoms. The van der Waals surface area contributed by atoms with Crippen LogP contribution in [0.25, 0.3) is 0 Å². The molecule has 0 saturated carbocycles. The molecule has 100 valence electrons. The van der Waals surface area contributed by atoms with E-state index in [-0.39, 0.29) is 11.9 Å². The molecule has 0 spiro atoms. The van der Waals surface area contributed by atoms with E-state index in [0.717, 1.165) is 17.4 Å². The van der Waals surface area contributed by atoms with E-state index in [9.17, 15) is 4.79 Å². The molecule has 1 atom stereocenters. The molecule has 2 heterocycles. The third kappa shape index (κ3) is 2.59. The van der Waals surface area contributed by atoms with Gasteiger partial charge in [0.25, 0.3) is 5.91 Å². The summed E-state index contributed by atoms with van der Waals surface area (Å²) in [4.78, 5) is 14.4. The average molecular weight is 316 g/mol. The highest BCUT2D eigenvalue weighted by Gasteiger charge is 2.29. The van der Waals surface area contributed by atoms with Gasteiger partial charge in [-0.25, -0.2) is 0 Å². The van der Waals surface area contributed by atoms with Gasteiger partial charge >= 0.3 is 0 Å². The van der Waals surface area contributed by atoms with Crippen LogP contribution in [0.3, 0.4) is 0 Å². The minimum absolute atomic E-state index is 0.0627. The highest BCUT2D eigenvalue weighted by molar-refractivity contribution is 9.09. The van der Waals surface area contributed by atoms with Gasteiger partial charge in [0.15, 0.2) is 0 Å². The molecule has 0 radical (unpaired) electrons. The first-order valence-electron chi connectivity index (χ1n) is 6.14. The van der Waals surface area contributed by atoms with Crippen LogP contribution in [0.15, 0.2) is 6.20 Å². The maximum atomic E-state index is 12.6. The second kappa shape index (κ2) is 5.84. The fraction of sp³-hybridized carbons (Fsp3) is 0.667. The van der Waals surface area contributed by atoms with E-state index in [1.807, 2.05) is 25.1 Å². The molecule has 1 saturated heterocycles. The molecule has 1 aromatic heterocycles. The van der Waals surface area contributed by atoms with Crippen LogP contribution < -0.4 is 0 Å². The number of hydrogen-bond donors (Lipinski definition) is 0. The lowest BCUT2D eigenvalue weighted by Gasteiger charge is -2.34. The quantitative estimate of drug-likeness (QED) is 0.788. The van der Waals surface area contributed by atoms with Crippen molar-refractivity contribution in [3.8, 4) is 0 Å². The minimum Gasteiger partial charge on any atom is -0.377 e. The van der Waals surface area contributed by atoms with E-state index in [0.29, 0.717) is 25.3 Å². The first-order valence-corrected chi connectivity index (χ1v) is 7.26. The highest BCUT2D eigenvalue weighted by Crippen LogP contribution is 2.16. The SMILES string of the molecule is CCc1nn(C)cc1C(=O)N1CCOCC1CBr. The second-order valence-corrected chi connectivity index (χ2v) is 5.05. The van der Waals surface area contributed by atoms with Gasteiger partial charge in [0.2, 0.25) is 0 Å². The standard InChI is InChI=1S/C12H18BrN3O2/c1-3-11-10(7-15(2)14-11)12(17)16-4-5-18-8-9(16)6-13/h7,9H,3-6,8H2,1-2H3. The molecule has 5 nitrogen and oxygen atoms in total. The van der Waals surface area contributed by atoms with Crippen LogP contribution >= 0.6 is 15.9 Å². The smallest absolute Gasteiger partial charge is 0.257 e. The first kappa shape index (κ1) is 13.5. The summed E-state index contributed by atoms with van der Waals surface area (Å²) in [6, 6.07) is 0.108. The number of aromatic nitrogens is 2. The normalized spacial score (nSPS) is 20.2. The van der Waals surface area contributed by atoms with Gasteiger partial charge in [0.1, 0.15) is 0 Å². The fourth-order valence-electron chi connectivity index (χ4n) is 2.18. The van der Waals surface area contributed by atoms with Crippen LogP contribution in [-0.2, 0) is 18.2 Å². The zero-order valence-corrected chi connectivity index (χ0v) is 12.3. The Labute approximate surface area is 115 Å². The Hall–Kier alpha value is -0.880. The van der Waals surface area contributed by atoms with Gasteiger partial charge in [-0.3, -0.25) is 9.48 Å². The van der Waals surface area contributed by atoms with Crippen molar-refractivity contribution in [3.63, 3.8) is 0 Å². The Bertz CT molecular complexity index is 433. The number of alkyl halides is 1. The number of amides is 1. The van der Waals surface area contributed by atoms with Crippen LogP contribution in [0.4, 0.5) is 0 Å². The van der Waals surface area contributed by atoms with Gasteiger partial charge in [-0.2, -0.15) is 5.10 Å². The largest absolute Gasteiger partial charge is 0.377 e. The molecule has 1 unspecified atom stereocenters. The molecule has 6 heteroatoms. The summed E-state index contributed by atoms with van der Waals surface area (Å²) in [5, 5.41) is 5.06. The van der Waals surface area contributed by atoms with Gasteiger partial charge in [-0.05, 0) is 6.42 Å². The Balaban J connectivity index is 2.23. The summed E-state index contributed by atoms with van der Waals surface area (Å²) < 4.78 is 7.11. The summed E-state index contributed by atoms with van der Waals surface area (Å²) in [6.45, 7) is 3.86. The number of carbonyl (C=O) groups is 1. The molecule has 0 aromatic carbocycles. The maximum absolute atomic E-state index is 12.6. The van der Waals surface area contributed by atoms with Crippen LogP contribution in [-0.4, -0.2) is 51.7 Å². The molecule has 0 aliphatic carbocycles. The van der Waals surface area contributed by atoms with Crippen molar-refractivity contribution in [1.82, 2.24) is 14.7 Å². The maximum Gasteiger partial charge on any atom is 0.257 e. The van der Waals surface area contributed by atoms with Gasteiger partial charge in [-0.1, -0.05) is 22.9 Å². The molecular formula is C12H18BrN3O2. The molecular weight excluding hydrogens is 298 g/mol. The van der Waals surface area contributed by atoms with Crippen molar-refractivity contribution >= 4 is 21.8 Å². The average Bonchev–Trinajstić information content (AvgIpc) is 2.79. The molecule has 2 rings (SSSR count). The summed E-state index contributed by atoms with van der Waals surface area (Å²) >= 11 is 3.44. The van der Waals surface area contributed by atoms with Gasteiger partial charge in [0, 0.05) is 25.1 Å². The van der Waals surface area contributed by atoms with E-state index in [4.69, 9.17) is 4.74 Å². The Morgan fingerprint density at radius 2 is 2.44 bits per heavy atom. The molecule has 1 aromatic rings. The summed E-state index contributed by atoms with van der Waals surface area (Å²) in [5.74, 6) is 0.0627. The van der Waals surface area contributed by atoms with Crippen LogP contribution in [0.2, 0.25) is 0 Å². The van der Waals surface area contributed by atoms with Gasteiger partial charge < -0.3 is 9.64 Å². The van der Waals surface area contributed by atoms with Crippen molar-refractivity contribution < 1.29 is 9.53 Å². The number of aryl methyl sites for hydroxylation is 2. The van der Waals surface area contributed by atoms with Gasteiger partial charge in [0.05, 0.1) is 30.5 Å². The minimum atomic E-state index is 0.0627. The topological polar surface area (TPSA) is 47.4 Å². The first-order chi connectivity index (χ1) is 8.67. The third-order valence-corrected chi connectivity index (χ3v) is 3.88. The Morgan fingerprint density at radius 1 is 1.67 bits per heavy atom. The number of carbonyl (C=O) groups excluding carboxylic acids is 1. The molecule has 1 fully saturated rings. The van der Waals surface area contributed by atoms with E-state index in [1.54, 1.807) is 4.68 Å². The lowest BCUT2D eigenvalue weighted by molar-refractivity contribution is 0.00518. The summed E-state index contributed by atoms with van der Waals surface area (Å²) in [5.41, 5.74) is 1.58. The number of ether oxygens (including phenoxy) is 1. The van der Waals surface area contributed by atoms with Gasteiger partial charge in [-0.15, -0.1) is 0 Å². The number of hydrogen-bond acceptors (Lipinski definition) is 3. The predicted molar refractivity (Wildman–Crippen MR) is 72.0 cm³/mol. The second-order valence-electron chi connectivity index (χ2n) is 4.40. The van der Waals surface area contributed by atoms with E-state index < -0.39 is 0 Å². The van der Waals surface area contributed by atoms with Crippen LogP contribution in [0, 0.1) is 0 Å². The zero-order valence-electron chi connectivity index (χ0n) is 10.7.